The first kappa shape index (κ1) is 14.4. The van der Waals surface area contributed by atoms with Crippen molar-refractivity contribution in [2.75, 3.05) is 20.3 Å². The molecular weight excluding hydrogens is 230 g/mol. The van der Waals surface area contributed by atoms with Gasteiger partial charge in [0, 0.05) is 12.1 Å². The second-order valence-electron chi connectivity index (χ2n) is 3.91. The molecule has 18 heavy (non-hydrogen) atoms. The van der Waals surface area contributed by atoms with Gasteiger partial charge in [0.05, 0.1) is 13.7 Å². The van der Waals surface area contributed by atoms with Crippen LogP contribution >= 0.6 is 0 Å². The summed E-state index contributed by atoms with van der Waals surface area (Å²) in [4.78, 5) is 11.9. The van der Waals surface area contributed by atoms with E-state index in [9.17, 15) is 4.79 Å². The van der Waals surface area contributed by atoms with Crippen LogP contribution in [0, 0.1) is 0 Å². The van der Waals surface area contributed by atoms with E-state index in [1.807, 2.05) is 6.92 Å². The van der Waals surface area contributed by atoms with Gasteiger partial charge in [-0.05, 0) is 31.5 Å². The van der Waals surface area contributed by atoms with Gasteiger partial charge in [0.2, 0.25) is 0 Å². The lowest BCUT2D eigenvalue weighted by Crippen LogP contribution is -2.24. The smallest absolute Gasteiger partial charge is 0.251 e. The minimum atomic E-state index is -0.0768. The third kappa shape index (κ3) is 3.95. The Morgan fingerprint density at radius 3 is 2.67 bits per heavy atom. The predicted octanol–water partition coefficient (Wildman–Crippen LogP) is 2.62. The van der Waals surface area contributed by atoms with E-state index in [4.69, 9.17) is 9.47 Å². The van der Waals surface area contributed by atoms with Crippen molar-refractivity contribution in [2.45, 2.75) is 26.7 Å². The number of carbonyl (C=O) groups excluding carboxylic acids is 1. The molecule has 0 aliphatic rings. The van der Waals surface area contributed by atoms with Gasteiger partial charge in [-0.15, -0.1) is 0 Å². The van der Waals surface area contributed by atoms with E-state index in [1.54, 1.807) is 25.3 Å². The van der Waals surface area contributed by atoms with E-state index in [-0.39, 0.29) is 5.91 Å². The molecule has 0 saturated carbocycles. The van der Waals surface area contributed by atoms with Crippen LogP contribution in [0.2, 0.25) is 0 Å². The van der Waals surface area contributed by atoms with Gasteiger partial charge in [0.15, 0.2) is 11.5 Å². The van der Waals surface area contributed by atoms with Gasteiger partial charge in [-0.25, -0.2) is 0 Å². The van der Waals surface area contributed by atoms with Crippen molar-refractivity contribution < 1.29 is 14.3 Å². The lowest BCUT2D eigenvalue weighted by Gasteiger charge is -2.11. The average Bonchev–Trinajstić information content (AvgIpc) is 2.39. The summed E-state index contributed by atoms with van der Waals surface area (Å²) in [6, 6.07) is 5.20. The molecule has 100 valence electrons. The van der Waals surface area contributed by atoms with Crippen LogP contribution in [0.5, 0.6) is 11.5 Å². The van der Waals surface area contributed by atoms with Crippen LogP contribution in [0.15, 0.2) is 18.2 Å². The molecule has 0 bridgehead atoms. The van der Waals surface area contributed by atoms with Gasteiger partial charge in [-0.2, -0.15) is 0 Å². The molecular formula is C14H21NO3. The molecule has 4 heteroatoms. The van der Waals surface area contributed by atoms with Crippen LogP contribution in [-0.2, 0) is 0 Å². The van der Waals surface area contributed by atoms with Crippen molar-refractivity contribution in [3.8, 4) is 11.5 Å². The summed E-state index contributed by atoms with van der Waals surface area (Å²) >= 11 is 0. The van der Waals surface area contributed by atoms with E-state index in [0.717, 1.165) is 12.8 Å². The van der Waals surface area contributed by atoms with Crippen molar-refractivity contribution in [2.24, 2.45) is 0 Å². The standard InChI is InChI=1S/C14H21NO3/c1-4-6-9-15-14(16)11-7-8-12(17-3)13(10-11)18-5-2/h7-8,10H,4-6,9H2,1-3H3,(H,15,16). The highest BCUT2D eigenvalue weighted by molar-refractivity contribution is 5.94. The fourth-order valence-corrected chi connectivity index (χ4v) is 1.57. The zero-order chi connectivity index (χ0) is 13.4. The van der Waals surface area contributed by atoms with Crippen LogP contribution < -0.4 is 14.8 Å². The summed E-state index contributed by atoms with van der Waals surface area (Å²) in [7, 11) is 1.58. The summed E-state index contributed by atoms with van der Waals surface area (Å²) in [5.74, 6) is 1.16. The highest BCUT2D eigenvalue weighted by atomic mass is 16.5. The third-order valence-electron chi connectivity index (χ3n) is 2.54. The highest BCUT2D eigenvalue weighted by Crippen LogP contribution is 2.27. The number of methoxy groups -OCH3 is 1. The first-order valence-corrected chi connectivity index (χ1v) is 6.32. The van der Waals surface area contributed by atoms with E-state index in [0.29, 0.717) is 30.2 Å². The molecule has 1 N–H and O–H groups in total. The molecule has 0 saturated heterocycles. The molecule has 0 aliphatic heterocycles. The summed E-state index contributed by atoms with van der Waals surface area (Å²) in [5, 5.41) is 2.87. The summed E-state index contributed by atoms with van der Waals surface area (Å²) in [6.07, 6.45) is 2.05. The minimum absolute atomic E-state index is 0.0768. The Morgan fingerprint density at radius 1 is 1.28 bits per heavy atom. The number of hydrogen-bond acceptors (Lipinski definition) is 3. The number of benzene rings is 1. The zero-order valence-electron chi connectivity index (χ0n) is 11.3. The Hall–Kier alpha value is -1.71. The summed E-state index contributed by atoms with van der Waals surface area (Å²) in [6.45, 7) is 5.22. The molecule has 1 aromatic carbocycles. The number of hydrogen-bond donors (Lipinski definition) is 1. The quantitative estimate of drug-likeness (QED) is 0.758. The van der Waals surface area contributed by atoms with E-state index >= 15 is 0 Å². The largest absolute Gasteiger partial charge is 0.493 e. The second-order valence-corrected chi connectivity index (χ2v) is 3.91. The fraction of sp³-hybridized carbons (Fsp3) is 0.500. The lowest BCUT2D eigenvalue weighted by molar-refractivity contribution is 0.0952. The molecule has 0 spiro atoms. The van der Waals surface area contributed by atoms with Crippen LogP contribution in [0.1, 0.15) is 37.0 Å². The lowest BCUT2D eigenvalue weighted by atomic mass is 10.2. The molecule has 1 amide bonds. The van der Waals surface area contributed by atoms with Gasteiger partial charge < -0.3 is 14.8 Å². The Morgan fingerprint density at radius 2 is 2.06 bits per heavy atom. The molecule has 0 fully saturated rings. The number of amides is 1. The number of unbranched alkanes of at least 4 members (excludes halogenated alkanes) is 1. The summed E-state index contributed by atoms with van der Waals surface area (Å²) < 4.78 is 10.6. The van der Waals surface area contributed by atoms with Crippen LogP contribution in [0.25, 0.3) is 0 Å². The SMILES string of the molecule is CCCCNC(=O)c1ccc(OC)c(OCC)c1. The Balaban J connectivity index is 2.76. The average molecular weight is 251 g/mol. The van der Waals surface area contributed by atoms with E-state index in [2.05, 4.69) is 12.2 Å². The molecule has 1 aromatic rings. The molecule has 0 aromatic heterocycles. The first-order chi connectivity index (χ1) is 8.72. The Bertz CT molecular complexity index is 391. The van der Waals surface area contributed by atoms with Crippen molar-refractivity contribution in [1.29, 1.82) is 0 Å². The maximum absolute atomic E-state index is 11.9. The Labute approximate surface area is 108 Å². The minimum Gasteiger partial charge on any atom is -0.493 e. The number of ether oxygens (including phenoxy) is 2. The number of carbonyl (C=O) groups is 1. The maximum Gasteiger partial charge on any atom is 0.251 e. The molecule has 4 nitrogen and oxygen atoms in total. The monoisotopic (exact) mass is 251 g/mol. The number of rotatable bonds is 7. The zero-order valence-corrected chi connectivity index (χ0v) is 11.3. The molecule has 0 unspecified atom stereocenters. The predicted molar refractivity (Wildman–Crippen MR) is 71.4 cm³/mol. The van der Waals surface area contributed by atoms with Gasteiger partial charge in [-0.1, -0.05) is 13.3 Å². The van der Waals surface area contributed by atoms with Crippen molar-refractivity contribution in [3.63, 3.8) is 0 Å². The highest BCUT2D eigenvalue weighted by Gasteiger charge is 2.10. The maximum atomic E-state index is 11.9. The van der Waals surface area contributed by atoms with Gasteiger partial charge in [-0.3, -0.25) is 4.79 Å². The summed E-state index contributed by atoms with van der Waals surface area (Å²) in [5.41, 5.74) is 0.593. The van der Waals surface area contributed by atoms with E-state index < -0.39 is 0 Å². The normalized spacial score (nSPS) is 9.94. The van der Waals surface area contributed by atoms with Crippen LogP contribution in [0.3, 0.4) is 0 Å². The first-order valence-electron chi connectivity index (χ1n) is 6.32. The third-order valence-corrected chi connectivity index (χ3v) is 2.54. The number of nitrogens with one attached hydrogen (secondary N) is 1. The second kappa shape index (κ2) is 7.58. The van der Waals surface area contributed by atoms with Crippen molar-refractivity contribution >= 4 is 5.91 Å². The van der Waals surface area contributed by atoms with Crippen LogP contribution in [-0.4, -0.2) is 26.2 Å². The van der Waals surface area contributed by atoms with Crippen LogP contribution in [0.4, 0.5) is 0 Å². The molecule has 0 aliphatic carbocycles. The van der Waals surface area contributed by atoms with Crippen molar-refractivity contribution in [1.82, 2.24) is 5.32 Å². The molecule has 1 rings (SSSR count). The Kier molecular flexibility index (Phi) is 6.05. The van der Waals surface area contributed by atoms with E-state index in [1.165, 1.54) is 0 Å². The van der Waals surface area contributed by atoms with Gasteiger partial charge in [0.25, 0.3) is 5.91 Å². The fourth-order valence-electron chi connectivity index (χ4n) is 1.57. The molecule has 0 heterocycles. The molecule has 0 atom stereocenters. The van der Waals surface area contributed by atoms with Crippen molar-refractivity contribution in [3.05, 3.63) is 23.8 Å². The van der Waals surface area contributed by atoms with Gasteiger partial charge in [0.1, 0.15) is 0 Å². The van der Waals surface area contributed by atoms with Gasteiger partial charge >= 0.3 is 0 Å². The topological polar surface area (TPSA) is 47.6 Å². The molecule has 0 radical (unpaired) electrons.